The van der Waals surface area contributed by atoms with Crippen LogP contribution in [-0.4, -0.2) is 0 Å². The van der Waals surface area contributed by atoms with E-state index in [4.69, 9.17) is 0 Å². The van der Waals surface area contributed by atoms with Crippen LogP contribution in [0.5, 0.6) is 0 Å². The fraction of sp³-hybridized carbons (Fsp3) is 0.333. The van der Waals surface area contributed by atoms with Gasteiger partial charge in [0.15, 0.2) is 0 Å². The van der Waals surface area contributed by atoms with Crippen LogP contribution in [-0.2, 0) is 31.3 Å². The monoisotopic (exact) mass is 644 g/mol. The maximum atomic E-state index is 3.47. The molecule has 3 heteroatoms. The predicted octanol–water partition coefficient (Wildman–Crippen LogP) is 2.53. The summed E-state index contributed by atoms with van der Waals surface area (Å²) in [6.45, 7) is 15.4. The first-order valence-electron chi connectivity index (χ1n) is 10.9. The molecule has 0 saturated heterocycles. The topological polar surface area (TPSA) is 0 Å². The third kappa shape index (κ3) is 8.53. The summed E-state index contributed by atoms with van der Waals surface area (Å²) in [4.78, 5) is 0. The SMILES string of the molecule is CC1=C(C)CC(c2ccc(C(C)(C)C)cc2)=[C-]1.CC1=C(C)CC(c2ccccc2)=[C-]1.[Cl-].[Cl-].[Hf+4]. The van der Waals surface area contributed by atoms with E-state index in [-0.39, 0.29) is 56.1 Å². The Morgan fingerprint density at radius 1 is 0.606 bits per heavy atom. The maximum Gasteiger partial charge on any atom is 4.00 e. The number of halogens is 2. The Labute approximate surface area is 233 Å². The van der Waals surface area contributed by atoms with Crippen LogP contribution in [0.2, 0.25) is 0 Å². The Morgan fingerprint density at radius 3 is 1.33 bits per heavy atom. The van der Waals surface area contributed by atoms with Crippen molar-refractivity contribution in [2.45, 2.75) is 66.7 Å². The number of hydrogen-bond donors (Lipinski definition) is 0. The molecular formula is C30H34Cl2Hf. The van der Waals surface area contributed by atoms with Gasteiger partial charge >= 0.3 is 25.8 Å². The van der Waals surface area contributed by atoms with Crippen molar-refractivity contribution in [1.82, 2.24) is 0 Å². The van der Waals surface area contributed by atoms with Gasteiger partial charge in [0.05, 0.1) is 0 Å². The Balaban J connectivity index is 0.000000584. The zero-order valence-electron chi connectivity index (χ0n) is 20.9. The van der Waals surface area contributed by atoms with E-state index >= 15 is 0 Å². The Morgan fingerprint density at radius 2 is 1.00 bits per heavy atom. The van der Waals surface area contributed by atoms with Gasteiger partial charge in [-0.1, -0.05) is 91.6 Å². The minimum atomic E-state index is 0. The summed E-state index contributed by atoms with van der Waals surface area (Å²) in [5.74, 6) is 0. The van der Waals surface area contributed by atoms with E-state index in [1.807, 2.05) is 6.07 Å². The second-order valence-electron chi connectivity index (χ2n) is 9.56. The number of benzene rings is 2. The van der Waals surface area contributed by atoms with E-state index in [0.717, 1.165) is 12.8 Å². The van der Waals surface area contributed by atoms with E-state index in [1.54, 1.807) is 0 Å². The molecule has 0 spiro atoms. The van der Waals surface area contributed by atoms with Gasteiger partial charge in [0.2, 0.25) is 0 Å². The number of hydrogen-bond acceptors (Lipinski definition) is 0. The van der Waals surface area contributed by atoms with Gasteiger partial charge in [-0.15, -0.1) is 35.4 Å². The molecule has 0 radical (unpaired) electrons. The summed E-state index contributed by atoms with van der Waals surface area (Å²) < 4.78 is 0. The molecule has 0 N–H and O–H groups in total. The van der Waals surface area contributed by atoms with Crippen molar-refractivity contribution in [3.8, 4) is 0 Å². The Hall–Kier alpha value is -1.15. The van der Waals surface area contributed by atoms with Gasteiger partial charge in [-0.25, -0.2) is 0 Å². The molecule has 4 rings (SSSR count). The van der Waals surface area contributed by atoms with E-state index in [2.05, 4.69) is 109 Å². The van der Waals surface area contributed by atoms with Crippen LogP contribution in [0, 0.1) is 12.2 Å². The third-order valence-electron chi connectivity index (χ3n) is 6.06. The molecule has 2 aromatic carbocycles. The van der Waals surface area contributed by atoms with E-state index < -0.39 is 0 Å². The van der Waals surface area contributed by atoms with E-state index in [1.165, 1.54) is 50.1 Å². The maximum absolute atomic E-state index is 3.47. The summed E-state index contributed by atoms with van der Waals surface area (Å²) in [5.41, 5.74) is 12.4. The molecule has 0 aliphatic heterocycles. The van der Waals surface area contributed by atoms with Crippen LogP contribution in [0.4, 0.5) is 0 Å². The van der Waals surface area contributed by atoms with Gasteiger partial charge in [-0.05, 0) is 11.0 Å². The van der Waals surface area contributed by atoms with Gasteiger partial charge in [-0.3, -0.25) is 0 Å². The van der Waals surface area contributed by atoms with Crippen molar-refractivity contribution in [3.63, 3.8) is 0 Å². The summed E-state index contributed by atoms with van der Waals surface area (Å²) in [6, 6.07) is 19.4. The molecule has 0 fully saturated rings. The molecule has 0 aromatic heterocycles. The van der Waals surface area contributed by atoms with Crippen LogP contribution >= 0.6 is 0 Å². The van der Waals surface area contributed by atoms with Crippen molar-refractivity contribution in [1.29, 1.82) is 0 Å². The minimum Gasteiger partial charge on any atom is -1.00 e. The van der Waals surface area contributed by atoms with E-state index in [9.17, 15) is 0 Å². The predicted molar refractivity (Wildman–Crippen MR) is 131 cm³/mol. The first-order valence-corrected chi connectivity index (χ1v) is 10.9. The summed E-state index contributed by atoms with van der Waals surface area (Å²) in [6.07, 6.45) is 9.01. The molecule has 33 heavy (non-hydrogen) atoms. The van der Waals surface area contributed by atoms with Crippen LogP contribution in [0.25, 0.3) is 11.1 Å². The van der Waals surface area contributed by atoms with Crippen molar-refractivity contribution in [2.24, 2.45) is 0 Å². The molecule has 2 aromatic rings. The molecule has 2 aliphatic rings. The largest absolute Gasteiger partial charge is 4.00 e. The first-order chi connectivity index (χ1) is 14.1. The van der Waals surface area contributed by atoms with Gasteiger partial charge in [0.1, 0.15) is 0 Å². The van der Waals surface area contributed by atoms with Crippen molar-refractivity contribution in [3.05, 3.63) is 106 Å². The summed E-state index contributed by atoms with van der Waals surface area (Å²) >= 11 is 0. The standard InChI is InChI=1S/C17H21.C13H13.2ClH.Hf/c1-12-10-15(11-13(12)2)14-6-8-16(9-7-14)17(3,4)5;1-10-8-13(9-11(10)2)12-6-4-3-5-7-12;;;/h6-9H,10H2,1-5H3;3-7H,8H2,1-2H3;2*1H;/q2*-1;;;+4/p-2. The second-order valence-corrected chi connectivity index (χ2v) is 9.56. The van der Waals surface area contributed by atoms with E-state index in [0.29, 0.717) is 0 Å². The molecular weight excluding hydrogens is 610 g/mol. The normalized spacial score (nSPS) is 14.9. The summed E-state index contributed by atoms with van der Waals surface area (Å²) in [7, 11) is 0. The van der Waals surface area contributed by atoms with Crippen LogP contribution in [0.3, 0.4) is 0 Å². The third-order valence-corrected chi connectivity index (χ3v) is 6.06. The quantitative estimate of drug-likeness (QED) is 0.349. The zero-order valence-corrected chi connectivity index (χ0v) is 26.0. The van der Waals surface area contributed by atoms with Gasteiger partial charge in [0, 0.05) is 0 Å². The number of rotatable bonds is 2. The fourth-order valence-electron chi connectivity index (χ4n) is 3.71. The van der Waals surface area contributed by atoms with Gasteiger partial charge < -0.3 is 24.8 Å². The van der Waals surface area contributed by atoms with Gasteiger partial charge in [-0.2, -0.15) is 45.6 Å². The molecule has 0 saturated carbocycles. The number of allylic oxidation sites excluding steroid dienone is 8. The second kappa shape index (κ2) is 13.7. The molecule has 0 amide bonds. The average molecular weight is 644 g/mol. The minimum absolute atomic E-state index is 0. The molecule has 2 aliphatic carbocycles. The van der Waals surface area contributed by atoms with Crippen LogP contribution in [0.1, 0.15) is 78.0 Å². The molecule has 0 bridgehead atoms. The van der Waals surface area contributed by atoms with Crippen LogP contribution in [0.15, 0.2) is 76.9 Å². The molecule has 172 valence electrons. The van der Waals surface area contributed by atoms with Crippen molar-refractivity contribution >= 4 is 11.1 Å². The molecule has 0 nitrogen and oxygen atoms in total. The molecule has 0 atom stereocenters. The Kier molecular flexibility index (Phi) is 13.2. The molecule has 0 heterocycles. The Bertz CT molecular complexity index is 1030. The summed E-state index contributed by atoms with van der Waals surface area (Å²) in [5, 5.41) is 0. The smallest absolute Gasteiger partial charge is 1.00 e. The molecule has 0 unspecified atom stereocenters. The first kappa shape index (κ1) is 31.9. The zero-order chi connectivity index (χ0) is 21.9. The van der Waals surface area contributed by atoms with Crippen molar-refractivity contribution < 1.29 is 50.7 Å². The van der Waals surface area contributed by atoms with Gasteiger partial charge in [0.25, 0.3) is 0 Å². The average Bonchev–Trinajstić information content (AvgIpc) is 3.24. The fourth-order valence-corrected chi connectivity index (χ4v) is 3.71. The van der Waals surface area contributed by atoms with Crippen LogP contribution < -0.4 is 24.8 Å². The van der Waals surface area contributed by atoms with Crippen molar-refractivity contribution in [2.75, 3.05) is 0 Å².